The van der Waals surface area contributed by atoms with E-state index in [4.69, 9.17) is 4.74 Å². The highest BCUT2D eigenvalue weighted by Gasteiger charge is 2.41. The molecule has 0 radical (unpaired) electrons. The van der Waals surface area contributed by atoms with E-state index in [-0.39, 0.29) is 42.2 Å². The molecule has 0 bridgehead atoms. The summed E-state index contributed by atoms with van der Waals surface area (Å²) >= 11 is 0. The molecule has 0 aliphatic carbocycles. The van der Waals surface area contributed by atoms with Crippen molar-refractivity contribution in [1.82, 2.24) is 15.5 Å². The number of nitrogens with zero attached hydrogens (tertiary/aromatic N) is 1. The largest absolute Gasteiger partial charge is 0.508 e. The number of halogens is 2. The topological polar surface area (TPSA) is 73.8 Å². The Labute approximate surface area is 240 Å². The summed E-state index contributed by atoms with van der Waals surface area (Å²) in [6.07, 6.45) is 1.68. The van der Waals surface area contributed by atoms with Gasteiger partial charge in [0.05, 0.1) is 12.6 Å². The number of phenolic OH excluding ortho intramolecular Hbond substituents is 1. The third kappa shape index (κ3) is 6.77. The number of fused-ring (bicyclic) bond motifs is 1. The van der Waals surface area contributed by atoms with Crippen LogP contribution in [-0.4, -0.2) is 54.2 Å². The molecule has 38 heavy (non-hydrogen) atoms. The van der Waals surface area contributed by atoms with Crippen LogP contribution in [0.15, 0.2) is 42.5 Å². The van der Waals surface area contributed by atoms with Gasteiger partial charge in [0, 0.05) is 25.7 Å². The number of piperidine rings is 1. The van der Waals surface area contributed by atoms with E-state index in [1.807, 2.05) is 25.1 Å². The van der Waals surface area contributed by atoms with Gasteiger partial charge in [-0.3, -0.25) is 10.1 Å². The van der Waals surface area contributed by atoms with Crippen LogP contribution in [0, 0.1) is 11.8 Å². The van der Waals surface area contributed by atoms with Gasteiger partial charge in [-0.2, -0.15) is 0 Å². The van der Waals surface area contributed by atoms with Crippen molar-refractivity contribution in [3.63, 3.8) is 0 Å². The second-order valence-corrected chi connectivity index (χ2v) is 11.7. The van der Waals surface area contributed by atoms with Crippen molar-refractivity contribution < 1.29 is 14.6 Å². The van der Waals surface area contributed by atoms with Gasteiger partial charge >= 0.3 is 0 Å². The second-order valence-electron chi connectivity index (χ2n) is 11.7. The summed E-state index contributed by atoms with van der Waals surface area (Å²) in [5, 5.41) is 16.9. The number of amides is 1. The molecular formula is C30H45Cl2N3O3. The molecule has 0 aromatic heterocycles. The van der Waals surface area contributed by atoms with Crippen LogP contribution >= 0.6 is 24.8 Å². The Hall–Kier alpha value is -1.99. The van der Waals surface area contributed by atoms with Crippen molar-refractivity contribution in [2.75, 3.05) is 26.7 Å². The molecule has 0 unspecified atom stereocenters. The number of carbonyl (C=O) groups excluding carboxylic acids is 1. The smallest absolute Gasteiger partial charge is 0.240 e. The van der Waals surface area contributed by atoms with E-state index in [1.54, 1.807) is 13.2 Å². The van der Waals surface area contributed by atoms with Gasteiger partial charge in [-0.25, -0.2) is 0 Å². The van der Waals surface area contributed by atoms with Gasteiger partial charge in [0.1, 0.15) is 11.5 Å². The Morgan fingerprint density at radius 3 is 2.55 bits per heavy atom. The van der Waals surface area contributed by atoms with Crippen molar-refractivity contribution in [2.24, 2.45) is 11.8 Å². The minimum Gasteiger partial charge on any atom is -0.508 e. The molecular weight excluding hydrogens is 521 g/mol. The third-order valence-corrected chi connectivity index (χ3v) is 8.78. The maximum atomic E-state index is 13.6. The summed E-state index contributed by atoms with van der Waals surface area (Å²) in [5.41, 5.74) is 2.98. The van der Waals surface area contributed by atoms with Gasteiger partial charge in [0.25, 0.3) is 0 Å². The molecule has 0 spiro atoms. The van der Waals surface area contributed by atoms with E-state index in [1.165, 1.54) is 16.7 Å². The number of methoxy groups -OCH3 is 1. The van der Waals surface area contributed by atoms with Crippen LogP contribution in [0.25, 0.3) is 0 Å². The quantitative estimate of drug-likeness (QED) is 0.436. The molecule has 2 heterocycles. The average molecular weight is 567 g/mol. The first-order valence-electron chi connectivity index (χ1n) is 13.3. The predicted molar refractivity (Wildman–Crippen MR) is 159 cm³/mol. The summed E-state index contributed by atoms with van der Waals surface area (Å²) in [7, 11) is 1.68. The molecule has 4 atom stereocenters. The molecule has 1 amide bonds. The van der Waals surface area contributed by atoms with E-state index < -0.39 is 5.54 Å². The first-order valence-corrected chi connectivity index (χ1v) is 13.3. The van der Waals surface area contributed by atoms with Gasteiger partial charge in [-0.1, -0.05) is 45.9 Å². The monoisotopic (exact) mass is 565 g/mol. The van der Waals surface area contributed by atoms with Gasteiger partial charge in [0.2, 0.25) is 5.91 Å². The van der Waals surface area contributed by atoms with E-state index in [2.05, 4.69) is 61.4 Å². The van der Waals surface area contributed by atoms with Crippen molar-refractivity contribution in [2.45, 2.75) is 71.0 Å². The Kier molecular flexibility index (Phi) is 10.9. The summed E-state index contributed by atoms with van der Waals surface area (Å²) in [4.78, 5) is 16.1. The minimum atomic E-state index is -0.641. The van der Waals surface area contributed by atoms with E-state index in [0.717, 1.165) is 31.8 Å². The summed E-state index contributed by atoms with van der Waals surface area (Å²) in [6, 6.07) is 13.9. The van der Waals surface area contributed by atoms with Gasteiger partial charge in [0.15, 0.2) is 0 Å². The fraction of sp³-hybridized carbons (Fsp3) is 0.567. The molecule has 6 nitrogen and oxygen atoms in total. The first kappa shape index (κ1) is 32.2. The fourth-order valence-electron chi connectivity index (χ4n) is 5.76. The number of benzene rings is 2. The first-order chi connectivity index (χ1) is 17.0. The van der Waals surface area contributed by atoms with Gasteiger partial charge in [-0.15, -0.1) is 24.8 Å². The molecule has 212 valence electrons. The standard InChI is InChI=1S/C30H43N3O3.2ClH/c1-20(2)27(19-33-13-12-29(4,21(3)18-33)24-8-7-9-25(34)15-24)32-28(35)30(5)16-22-10-11-26(36-6)14-23(22)17-31-30;;/h7-11,14-15,20-21,27,31,34H,12-13,16-19H2,1-6H3,(H,32,35);2*1H/t21-,27+,29+,30+;;/m0../s1. The minimum absolute atomic E-state index is 0. The number of ether oxygens (including phenoxy) is 1. The van der Waals surface area contributed by atoms with Crippen molar-refractivity contribution in [1.29, 1.82) is 0 Å². The Morgan fingerprint density at radius 2 is 1.92 bits per heavy atom. The Morgan fingerprint density at radius 1 is 1.18 bits per heavy atom. The van der Waals surface area contributed by atoms with Crippen LogP contribution in [-0.2, 0) is 23.2 Å². The van der Waals surface area contributed by atoms with E-state index >= 15 is 0 Å². The summed E-state index contributed by atoms with van der Waals surface area (Å²) in [6.45, 7) is 14.4. The number of carbonyl (C=O) groups is 1. The number of hydrogen-bond donors (Lipinski definition) is 3. The molecule has 2 aromatic carbocycles. The summed E-state index contributed by atoms with van der Waals surface area (Å²) < 4.78 is 5.36. The normalized spacial score (nSPS) is 25.9. The number of rotatable bonds is 7. The lowest BCUT2D eigenvalue weighted by atomic mass is 9.68. The van der Waals surface area contributed by atoms with Crippen LogP contribution in [0.3, 0.4) is 0 Å². The average Bonchev–Trinajstić information content (AvgIpc) is 2.85. The molecule has 2 aliphatic heterocycles. The Bertz CT molecular complexity index is 1100. The Balaban J connectivity index is 0.00000253. The second kappa shape index (κ2) is 12.9. The van der Waals surface area contributed by atoms with E-state index in [9.17, 15) is 9.90 Å². The molecule has 3 N–H and O–H groups in total. The summed E-state index contributed by atoms with van der Waals surface area (Å²) in [5.74, 6) is 2.00. The van der Waals surface area contributed by atoms with Crippen LogP contribution in [0.5, 0.6) is 11.5 Å². The van der Waals surface area contributed by atoms with Crippen LogP contribution in [0.2, 0.25) is 0 Å². The van der Waals surface area contributed by atoms with Gasteiger partial charge < -0.3 is 20.1 Å². The molecule has 8 heteroatoms. The van der Waals surface area contributed by atoms with Gasteiger partial charge in [-0.05, 0) is 84.5 Å². The van der Waals surface area contributed by atoms with Crippen LogP contribution in [0.4, 0.5) is 0 Å². The number of hydrogen-bond acceptors (Lipinski definition) is 5. The zero-order valence-corrected chi connectivity index (χ0v) is 25.2. The number of aromatic hydroxyl groups is 1. The number of likely N-dealkylation sites (tertiary alicyclic amines) is 1. The number of phenols is 1. The lowest BCUT2D eigenvalue weighted by Gasteiger charge is -2.46. The highest BCUT2D eigenvalue weighted by atomic mass is 35.5. The highest BCUT2D eigenvalue weighted by molar-refractivity contribution is 5.87. The maximum absolute atomic E-state index is 13.6. The maximum Gasteiger partial charge on any atom is 0.240 e. The zero-order valence-electron chi connectivity index (χ0n) is 23.5. The van der Waals surface area contributed by atoms with Crippen LogP contribution in [0.1, 0.15) is 57.7 Å². The predicted octanol–water partition coefficient (Wildman–Crippen LogP) is 5.09. The molecule has 2 aliphatic rings. The van der Waals surface area contributed by atoms with E-state index in [0.29, 0.717) is 30.6 Å². The number of nitrogens with one attached hydrogen (secondary N) is 2. The molecule has 1 saturated heterocycles. The lowest BCUT2D eigenvalue weighted by molar-refractivity contribution is -0.128. The molecule has 1 fully saturated rings. The highest BCUT2D eigenvalue weighted by Crippen LogP contribution is 2.40. The van der Waals surface area contributed by atoms with Crippen LogP contribution < -0.4 is 15.4 Å². The molecule has 4 rings (SSSR count). The SMILES string of the molecule is COc1ccc2c(c1)CN[C@@](C)(C(=O)N[C@H](CN1CC[C@@](C)(c3cccc(O)c3)[C@@H](C)C1)C(C)C)C2.Cl.Cl. The zero-order chi connectivity index (χ0) is 26.1. The third-order valence-electron chi connectivity index (χ3n) is 8.78. The van der Waals surface area contributed by atoms with Crippen molar-refractivity contribution in [3.8, 4) is 11.5 Å². The fourth-order valence-corrected chi connectivity index (χ4v) is 5.76. The lowest BCUT2D eigenvalue weighted by Crippen LogP contribution is -2.61. The van der Waals surface area contributed by atoms with Crippen molar-refractivity contribution in [3.05, 3.63) is 59.2 Å². The molecule has 2 aromatic rings. The van der Waals surface area contributed by atoms with Crippen molar-refractivity contribution >= 4 is 30.7 Å². The molecule has 0 saturated carbocycles.